The van der Waals surface area contributed by atoms with Gasteiger partial charge in [0.05, 0.1) is 5.56 Å². The van der Waals surface area contributed by atoms with Crippen molar-refractivity contribution in [2.75, 3.05) is 11.9 Å². The third-order valence-corrected chi connectivity index (χ3v) is 3.99. The van der Waals surface area contributed by atoms with Crippen molar-refractivity contribution < 1.29 is 4.79 Å². The summed E-state index contributed by atoms with van der Waals surface area (Å²) in [6.07, 6.45) is 4.91. The second-order valence-corrected chi connectivity index (χ2v) is 6.13. The lowest BCUT2D eigenvalue weighted by molar-refractivity contribution is 0.0952. The summed E-state index contributed by atoms with van der Waals surface area (Å²) in [6.45, 7) is 2.66. The van der Waals surface area contributed by atoms with Gasteiger partial charge in [-0.25, -0.2) is 9.97 Å². The standard InChI is InChI=1S/C21H22N4O/c1-16-9-11-19(12-10-16)25-21-23-14-18(15-24-21)20(26)22-13-5-8-17-6-3-2-4-7-17/h2-4,6-7,9-12,14-15H,5,8,13H2,1H3,(H,22,26)(H,23,24,25). The summed E-state index contributed by atoms with van der Waals surface area (Å²) >= 11 is 0. The molecule has 0 spiro atoms. The molecular formula is C21H22N4O. The van der Waals surface area contributed by atoms with E-state index in [0.29, 0.717) is 18.1 Å². The maximum absolute atomic E-state index is 12.2. The maximum atomic E-state index is 12.2. The number of aromatic nitrogens is 2. The lowest BCUT2D eigenvalue weighted by Crippen LogP contribution is -2.25. The summed E-state index contributed by atoms with van der Waals surface area (Å²) in [5.41, 5.74) is 3.83. The van der Waals surface area contributed by atoms with Crippen LogP contribution in [0.4, 0.5) is 11.6 Å². The predicted octanol–water partition coefficient (Wildman–Crippen LogP) is 3.89. The molecule has 0 saturated heterocycles. The van der Waals surface area contributed by atoms with Crippen molar-refractivity contribution in [3.8, 4) is 0 Å². The Morgan fingerprint density at radius 1 is 0.962 bits per heavy atom. The van der Waals surface area contributed by atoms with Crippen molar-refractivity contribution in [2.24, 2.45) is 0 Å². The normalized spacial score (nSPS) is 10.3. The maximum Gasteiger partial charge on any atom is 0.254 e. The minimum Gasteiger partial charge on any atom is -0.352 e. The Labute approximate surface area is 153 Å². The number of nitrogens with zero attached hydrogens (tertiary/aromatic N) is 2. The first-order valence-electron chi connectivity index (χ1n) is 8.68. The minimum atomic E-state index is -0.153. The molecular weight excluding hydrogens is 324 g/mol. The largest absolute Gasteiger partial charge is 0.352 e. The summed E-state index contributed by atoms with van der Waals surface area (Å²) in [7, 11) is 0. The molecule has 0 radical (unpaired) electrons. The molecule has 0 unspecified atom stereocenters. The summed E-state index contributed by atoms with van der Waals surface area (Å²) in [5, 5.41) is 6.02. The number of carbonyl (C=O) groups is 1. The molecule has 2 aromatic carbocycles. The van der Waals surface area contributed by atoms with Crippen molar-refractivity contribution in [2.45, 2.75) is 19.8 Å². The number of nitrogens with one attached hydrogen (secondary N) is 2. The van der Waals surface area contributed by atoms with E-state index in [-0.39, 0.29) is 5.91 Å². The van der Waals surface area contributed by atoms with E-state index in [1.54, 1.807) is 0 Å². The van der Waals surface area contributed by atoms with Crippen LogP contribution in [0.3, 0.4) is 0 Å². The second kappa shape index (κ2) is 8.76. The highest BCUT2D eigenvalue weighted by atomic mass is 16.1. The van der Waals surface area contributed by atoms with Crippen LogP contribution >= 0.6 is 0 Å². The molecule has 1 amide bonds. The van der Waals surface area contributed by atoms with Gasteiger partial charge in [0.15, 0.2) is 0 Å². The topological polar surface area (TPSA) is 66.9 Å². The highest BCUT2D eigenvalue weighted by molar-refractivity contribution is 5.93. The number of benzene rings is 2. The van der Waals surface area contributed by atoms with Gasteiger partial charge in [-0.1, -0.05) is 48.0 Å². The van der Waals surface area contributed by atoms with Gasteiger partial charge in [-0.05, 0) is 37.5 Å². The molecule has 1 aromatic heterocycles. The van der Waals surface area contributed by atoms with Gasteiger partial charge in [-0.3, -0.25) is 4.79 Å². The number of aryl methyl sites for hydroxylation is 2. The van der Waals surface area contributed by atoms with Crippen molar-refractivity contribution in [3.05, 3.63) is 83.7 Å². The Kier molecular flexibility index (Phi) is 5.93. The average molecular weight is 346 g/mol. The van der Waals surface area contributed by atoms with E-state index in [4.69, 9.17) is 0 Å². The highest BCUT2D eigenvalue weighted by Crippen LogP contribution is 2.13. The number of hydrogen-bond donors (Lipinski definition) is 2. The Morgan fingerprint density at radius 3 is 2.35 bits per heavy atom. The molecule has 5 heteroatoms. The van der Waals surface area contributed by atoms with E-state index in [9.17, 15) is 4.79 Å². The molecule has 1 heterocycles. The molecule has 5 nitrogen and oxygen atoms in total. The summed E-state index contributed by atoms with van der Waals surface area (Å²) in [5.74, 6) is 0.314. The molecule has 0 atom stereocenters. The molecule has 3 aromatic rings. The van der Waals surface area contributed by atoms with Crippen LogP contribution in [-0.2, 0) is 6.42 Å². The van der Waals surface area contributed by atoms with Crippen LogP contribution in [0.2, 0.25) is 0 Å². The predicted molar refractivity (Wildman–Crippen MR) is 104 cm³/mol. The van der Waals surface area contributed by atoms with Gasteiger partial charge >= 0.3 is 0 Å². The Hall–Kier alpha value is -3.21. The Balaban J connectivity index is 1.46. The van der Waals surface area contributed by atoms with Gasteiger partial charge in [-0.2, -0.15) is 0 Å². The lowest BCUT2D eigenvalue weighted by atomic mass is 10.1. The zero-order chi connectivity index (χ0) is 18.2. The van der Waals surface area contributed by atoms with E-state index >= 15 is 0 Å². The molecule has 0 aliphatic heterocycles. The van der Waals surface area contributed by atoms with Crippen molar-refractivity contribution in [1.82, 2.24) is 15.3 Å². The monoisotopic (exact) mass is 346 g/mol. The van der Waals surface area contributed by atoms with Crippen molar-refractivity contribution in [3.63, 3.8) is 0 Å². The van der Waals surface area contributed by atoms with Crippen molar-refractivity contribution >= 4 is 17.5 Å². The minimum absolute atomic E-state index is 0.153. The fourth-order valence-electron chi connectivity index (χ4n) is 2.52. The van der Waals surface area contributed by atoms with E-state index in [0.717, 1.165) is 18.5 Å². The molecule has 0 bridgehead atoms. The van der Waals surface area contributed by atoms with Gasteiger partial charge in [0, 0.05) is 24.6 Å². The third-order valence-electron chi connectivity index (χ3n) is 3.99. The zero-order valence-corrected chi connectivity index (χ0v) is 14.8. The fraction of sp³-hybridized carbons (Fsp3) is 0.190. The SMILES string of the molecule is Cc1ccc(Nc2ncc(C(=O)NCCCc3ccccc3)cn2)cc1. The van der Waals surface area contributed by atoms with E-state index < -0.39 is 0 Å². The molecule has 0 aliphatic carbocycles. The lowest BCUT2D eigenvalue weighted by Gasteiger charge is -2.07. The van der Waals surface area contributed by atoms with E-state index in [2.05, 4.69) is 32.7 Å². The second-order valence-electron chi connectivity index (χ2n) is 6.13. The number of hydrogen-bond acceptors (Lipinski definition) is 4. The summed E-state index contributed by atoms with van der Waals surface area (Å²) in [6, 6.07) is 18.2. The number of carbonyl (C=O) groups excluding carboxylic acids is 1. The van der Waals surface area contributed by atoms with Crippen LogP contribution in [0.25, 0.3) is 0 Å². The van der Waals surface area contributed by atoms with Gasteiger partial charge in [0.1, 0.15) is 0 Å². The van der Waals surface area contributed by atoms with Crippen LogP contribution < -0.4 is 10.6 Å². The smallest absolute Gasteiger partial charge is 0.254 e. The molecule has 132 valence electrons. The molecule has 0 aliphatic rings. The Bertz CT molecular complexity index is 830. The Morgan fingerprint density at radius 2 is 1.65 bits per heavy atom. The summed E-state index contributed by atoms with van der Waals surface area (Å²) < 4.78 is 0. The van der Waals surface area contributed by atoms with Gasteiger partial charge in [0.25, 0.3) is 5.91 Å². The highest BCUT2D eigenvalue weighted by Gasteiger charge is 2.07. The zero-order valence-electron chi connectivity index (χ0n) is 14.8. The van der Waals surface area contributed by atoms with Crippen LogP contribution in [0, 0.1) is 6.92 Å². The first-order chi connectivity index (χ1) is 12.7. The fourth-order valence-corrected chi connectivity index (χ4v) is 2.52. The van der Waals surface area contributed by atoms with Crippen molar-refractivity contribution in [1.29, 1.82) is 0 Å². The van der Waals surface area contributed by atoms with Gasteiger partial charge in [0.2, 0.25) is 5.95 Å². The van der Waals surface area contributed by atoms with Gasteiger partial charge < -0.3 is 10.6 Å². The number of amides is 1. The van der Waals surface area contributed by atoms with Gasteiger partial charge in [-0.15, -0.1) is 0 Å². The van der Waals surface area contributed by atoms with E-state index in [1.165, 1.54) is 23.5 Å². The molecule has 2 N–H and O–H groups in total. The van der Waals surface area contributed by atoms with Crippen LogP contribution in [0.15, 0.2) is 67.0 Å². The first-order valence-corrected chi connectivity index (χ1v) is 8.68. The first kappa shape index (κ1) is 17.6. The van der Waals surface area contributed by atoms with Crippen LogP contribution in [-0.4, -0.2) is 22.4 Å². The molecule has 26 heavy (non-hydrogen) atoms. The summed E-state index contributed by atoms with van der Waals surface area (Å²) in [4.78, 5) is 20.6. The average Bonchev–Trinajstić information content (AvgIpc) is 2.68. The van der Waals surface area contributed by atoms with Crippen LogP contribution in [0.5, 0.6) is 0 Å². The quantitative estimate of drug-likeness (QED) is 0.637. The number of rotatable bonds is 7. The molecule has 3 rings (SSSR count). The van der Waals surface area contributed by atoms with Crippen LogP contribution in [0.1, 0.15) is 27.9 Å². The molecule has 0 saturated carbocycles. The number of anilines is 2. The van der Waals surface area contributed by atoms with E-state index in [1.807, 2.05) is 49.4 Å². The third kappa shape index (κ3) is 5.14. The molecule has 0 fully saturated rings.